The second-order valence-electron chi connectivity index (χ2n) is 2.71. The average molecular weight is 221 g/mol. The molecule has 0 amide bonds. The molecular formula is C12H18Ni. The molecule has 0 radical (unpaired) electrons. The van der Waals surface area contributed by atoms with Crippen molar-refractivity contribution >= 4 is 0 Å². The van der Waals surface area contributed by atoms with Crippen LogP contribution < -0.4 is 0 Å². The number of unbranched alkanes of at least 4 members (excludes halogenated alkanes) is 4. The Morgan fingerprint density at radius 2 is 1.77 bits per heavy atom. The quantitative estimate of drug-likeness (QED) is 0.265. The van der Waals surface area contributed by atoms with Crippen LogP contribution >= 0.6 is 0 Å². The van der Waals surface area contributed by atoms with E-state index in [4.69, 9.17) is 6.58 Å². The molecule has 0 aromatic carbocycles. The Labute approximate surface area is 92.7 Å². The molecule has 0 N–H and O–H groups in total. The molecule has 13 heavy (non-hydrogen) atoms. The summed E-state index contributed by atoms with van der Waals surface area (Å²) in [6.07, 6.45) is 15.5. The molecule has 0 atom stereocenters. The number of hydrogen-bond acceptors (Lipinski definition) is 0. The molecule has 0 saturated heterocycles. The molecule has 0 heterocycles. The Morgan fingerprint density at radius 3 is 2.38 bits per heavy atom. The summed E-state index contributed by atoms with van der Waals surface area (Å²) in [7, 11) is 0. The molecule has 0 saturated carbocycles. The molecule has 0 spiro atoms. The van der Waals surface area contributed by atoms with Crippen molar-refractivity contribution in [2.45, 2.75) is 32.1 Å². The minimum absolute atomic E-state index is 0. The number of hydrogen-bond donors (Lipinski definition) is 0. The number of rotatable bonds is 7. The van der Waals surface area contributed by atoms with Crippen LogP contribution in [0.25, 0.3) is 0 Å². The van der Waals surface area contributed by atoms with E-state index in [0.717, 1.165) is 12.8 Å². The van der Waals surface area contributed by atoms with Crippen LogP contribution in [0.15, 0.2) is 30.4 Å². The van der Waals surface area contributed by atoms with Gasteiger partial charge in [0, 0.05) is 0 Å². The molecule has 0 aliphatic carbocycles. The molecule has 0 aliphatic rings. The second kappa shape index (κ2) is 14.2. The van der Waals surface area contributed by atoms with E-state index < -0.39 is 0 Å². The predicted octanol–water partition coefficient (Wildman–Crippen LogP) is 3.87. The van der Waals surface area contributed by atoms with E-state index in [1.807, 2.05) is 18.2 Å². The second-order valence-corrected chi connectivity index (χ2v) is 2.71. The van der Waals surface area contributed by atoms with Crippen molar-refractivity contribution < 1.29 is 16.5 Å². The Bertz CT molecular complexity index is 145. The first-order valence-corrected chi connectivity index (χ1v) is 4.57. The van der Waals surface area contributed by atoms with Crippen LogP contribution in [-0.2, 0) is 16.5 Å². The first-order valence-electron chi connectivity index (χ1n) is 4.57. The molecule has 76 valence electrons. The summed E-state index contributed by atoms with van der Waals surface area (Å²) in [5.41, 5.74) is 0. The number of allylic oxidation sites excluding steroid dienone is 5. The van der Waals surface area contributed by atoms with E-state index in [2.05, 4.69) is 13.0 Å². The summed E-state index contributed by atoms with van der Waals surface area (Å²) in [6, 6.07) is 0. The summed E-state index contributed by atoms with van der Waals surface area (Å²) in [4.78, 5) is 0. The van der Waals surface area contributed by atoms with Crippen molar-refractivity contribution in [3.63, 3.8) is 0 Å². The maximum absolute atomic E-state index is 5.16. The normalized spacial score (nSPS) is 10.5. The van der Waals surface area contributed by atoms with Crippen molar-refractivity contribution in [1.82, 2.24) is 0 Å². The van der Waals surface area contributed by atoms with Crippen LogP contribution in [0.5, 0.6) is 0 Å². The average Bonchev–Trinajstić information content (AvgIpc) is 2.10. The van der Waals surface area contributed by atoms with Crippen LogP contribution in [0.2, 0.25) is 0 Å². The summed E-state index contributed by atoms with van der Waals surface area (Å²) < 4.78 is 0. The van der Waals surface area contributed by atoms with E-state index in [-0.39, 0.29) is 16.5 Å². The van der Waals surface area contributed by atoms with Gasteiger partial charge in [-0.05, 0) is 12.8 Å². The van der Waals surface area contributed by atoms with Crippen LogP contribution in [-0.4, -0.2) is 0 Å². The van der Waals surface area contributed by atoms with Gasteiger partial charge in [-0.25, -0.2) is 12.2 Å². The van der Waals surface area contributed by atoms with Crippen molar-refractivity contribution in [2.24, 2.45) is 0 Å². The fourth-order valence-corrected chi connectivity index (χ4v) is 0.919. The van der Waals surface area contributed by atoms with E-state index >= 15 is 0 Å². The zero-order chi connectivity index (χ0) is 9.07. The molecule has 0 rings (SSSR count). The van der Waals surface area contributed by atoms with Gasteiger partial charge >= 0.3 is 16.5 Å². The Morgan fingerprint density at radius 1 is 1.00 bits per heavy atom. The Balaban J connectivity index is 0. The van der Waals surface area contributed by atoms with E-state index in [9.17, 15) is 0 Å². The fourth-order valence-electron chi connectivity index (χ4n) is 0.919. The molecule has 0 unspecified atom stereocenters. The van der Waals surface area contributed by atoms with Crippen LogP contribution in [0.3, 0.4) is 0 Å². The molecule has 0 aliphatic heterocycles. The topological polar surface area (TPSA) is 0 Å². The van der Waals surface area contributed by atoms with Gasteiger partial charge in [0.05, 0.1) is 0 Å². The van der Waals surface area contributed by atoms with Gasteiger partial charge in [0.25, 0.3) is 0 Å². The first-order chi connectivity index (χ1) is 5.91. The SMILES string of the molecule is [CH-]=CC=C/C=C/CCCCC[CH2-].[Ni+2]. The van der Waals surface area contributed by atoms with Gasteiger partial charge in [0.15, 0.2) is 0 Å². The van der Waals surface area contributed by atoms with Crippen molar-refractivity contribution in [2.75, 3.05) is 0 Å². The van der Waals surface area contributed by atoms with Gasteiger partial charge < -0.3 is 6.92 Å². The van der Waals surface area contributed by atoms with Gasteiger partial charge in [0.2, 0.25) is 0 Å². The summed E-state index contributed by atoms with van der Waals surface area (Å²) in [5, 5.41) is 0. The largest absolute Gasteiger partial charge is 2.00 e. The maximum atomic E-state index is 5.16. The van der Waals surface area contributed by atoms with Gasteiger partial charge in [-0.3, -0.25) is 6.58 Å². The predicted molar refractivity (Wildman–Crippen MR) is 55.6 cm³/mol. The third-order valence-corrected chi connectivity index (χ3v) is 1.59. The zero-order valence-electron chi connectivity index (χ0n) is 8.02. The van der Waals surface area contributed by atoms with Crippen LogP contribution in [0.1, 0.15) is 32.1 Å². The van der Waals surface area contributed by atoms with Crippen molar-refractivity contribution in [3.8, 4) is 0 Å². The molecule has 0 bridgehead atoms. The Kier molecular flexibility index (Phi) is 16.7. The third-order valence-electron chi connectivity index (χ3n) is 1.59. The zero-order valence-corrected chi connectivity index (χ0v) is 9.01. The molecule has 1 heteroatoms. The third kappa shape index (κ3) is 14.6. The smallest absolute Gasteiger partial charge is 0.343 e. The van der Waals surface area contributed by atoms with Crippen LogP contribution in [0.4, 0.5) is 0 Å². The van der Waals surface area contributed by atoms with Crippen LogP contribution in [0, 0.1) is 13.5 Å². The van der Waals surface area contributed by atoms with Gasteiger partial charge in [0.1, 0.15) is 0 Å². The summed E-state index contributed by atoms with van der Waals surface area (Å²) in [5.74, 6) is 0. The minimum Gasteiger partial charge on any atom is -0.343 e. The molecule has 0 nitrogen and oxygen atoms in total. The van der Waals surface area contributed by atoms with Gasteiger partial charge in [-0.1, -0.05) is 25.0 Å². The maximum Gasteiger partial charge on any atom is 2.00 e. The monoisotopic (exact) mass is 220 g/mol. The van der Waals surface area contributed by atoms with Gasteiger partial charge in [-0.15, -0.1) is 6.08 Å². The molecule has 0 fully saturated rings. The van der Waals surface area contributed by atoms with Crippen molar-refractivity contribution in [3.05, 3.63) is 43.9 Å². The fraction of sp³-hybridized carbons (Fsp3) is 0.417. The van der Waals surface area contributed by atoms with E-state index in [1.54, 1.807) is 0 Å². The molecular weight excluding hydrogens is 203 g/mol. The van der Waals surface area contributed by atoms with E-state index in [1.165, 1.54) is 25.3 Å². The Hall–Kier alpha value is -0.286. The van der Waals surface area contributed by atoms with Gasteiger partial charge in [-0.2, -0.15) is 6.42 Å². The van der Waals surface area contributed by atoms with Crippen molar-refractivity contribution in [1.29, 1.82) is 0 Å². The minimum atomic E-state index is 0. The van der Waals surface area contributed by atoms with E-state index in [0.29, 0.717) is 0 Å². The summed E-state index contributed by atoms with van der Waals surface area (Å²) >= 11 is 0. The summed E-state index contributed by atoms with van der Waals surface area (Å²) in [6.45, 7) is 8.95. The first kappa shape index (κ1) is 15.2. The molecule has 0 aromatic heterocycles. The molecule has 0 aromatic rings. The standard InChI is InChI=1S/C12H18.Ni/c1-3-5-7-9-11-12-10-8-6-4-2;/h1,3,5,7,9,11H,2,4,6,8,10,12H2;/q-2;+2/b7-5?,11-9+;.